The molecule has 1 aromatic heterocycles. The van der Waals surface area contributed by atoms with Crippen molar-refractivity contribution in [1.82, 2.24) is 10.3 Å². The first-order chi connectivity index (χ1) is 13.4. The number of amides is 1. The minimum absolute atomic E-state index is 0.0350. The second kappa shape index (κ2) is 8.51. The molecule has 148 valence electrons. The van der Waals surface area contributed by atoms with Crippen molar-refractivity contribution in [2.24, 2.45) is 22.4 Å². The zero-order chi connectivity index (χ0) is 20.1. The summed E-state index contributed by atoms with van der Waals surface area (Å²) < 4.78 is 0.831. The van der Waals surface area contributed by atoms with Crippen LogP contribution in [-0.2, 0) is 10.6 Å². The van der Waals surface area contributed by atoms with Crippen molar-refractivity contribution in [2.75, 3.05) is 6.54 Å². The van der Waals surface area contributed by atoms with Gasteiger partial charge in [0.15, 0.2) is 11.0 Å². The Bertz CT molecular complexity index is 886. The summed E-state index contributed by atoms with van der Waals surface area (Å²) in [4.78, 5) is 20.8. The van der Waals surface area contributed by atoms with Crippen LogP contribution in [0.2, 0.25) is 0 Å². The summed E-state index contributed by atoms with van der Waals surface area (Å²) in [6.45, 7) is 0.313. The third-order valence-electron chi connectivity index (χ3n) is 4.41. The predicted molar refractivity (Wildman–Crippen MR) is 109 cm³/mol. The summed E-state index contributed by atoms with van der Waals surface area (Å²) in [5.74, 6) is -3.12. The number of rotatable bonds is 8. The van der Waals surface area contributed by atoms with Crippen LogP contribution in [0.4, 0.5) is 0 Å². The fourth-order valence-electron chi connectivity index (χ4n) is 2.93. The molecule has 0 fully saturated rings. The first kappa shape index (κ1) is 20.0. The van der Waals surface area contributed by atoms with Crippen LogP contribution in [0, 0.1) is 5.92 Å². The Morgan fingerprint density at radius 1 is 1.29 bits per heavy atom. The molecule has 1 aliphatic carbocycles. The first-order valence-corrected chi connectivity index (χ1v) is 9.71. The van der Waals surface area contributed by atoms with E-state index < -0.39 is 17.7 Å². The number of allylic oxidation sites excluding steroid dienone is 2. The molecule has 1 aromatic carbocycles. The third kappa shape index (κ3) is 4.56. The predicted octanol–water partition coefficient (Wildman–Crippen LogP) is 0.714. The van der Waals surface area contributed by atoms with Crippen LogP contribution in [-0.4, -0.2) is 39.7 Å². The fourth-order valence-corrected chi connectivity index (χ4v) is 3.94. The van der Waals surface area contributed by atoms with Crippen molar-refractivity contribution in [3.63, 3.8) is 0 Å². The standard InChI is InChI=1S/C19H23N5O3S/c20-18(21)22-11-5-10-15(24-16(25)12-6-1-2-7-12)19(26,27)17-23-13-8-3-4-9-14(13)28-17/h1-4,6-9,12,15,26-27H,5,10-11H2,(H,24,25)(H4,20,21,22)/t15-/m0/s1. The molecule has 1 heterocycles. The Labute approximate surface area is 166 Å². The highest BCUT2D eigenvalue weighted by Crippen LogP contribution is 2.32. The van der Waals surface area contributed by atoms with E-state index in [1.54, 1.807) is 30.4 Å². The molecule has 3 rings (SSSR count). The molecule has 28 heavy (non-hydrogen) atoms. The van der Waals surface area contributed by atoms with Crippen LogP contribution in [0.3, 0.4) is 0 Å². The zero-order valence-corrected chi connectivity index (χ0v) is 16.0. The average molecular weight is 401 g/mol. The van der Waals surface area contributed by atoms with Gasteiger partial charge < -0.3 is 27.0 Å². The molecule has 0 bridgehead atoms. The Kier molecular flexibility index (Phi) is 6.08. The molecule has 1 aliphatic rings. The number of fused-ring (bicyclic) bond motifs is 1. The quantitative estimate of drug-likeness (QED) is 0.191. The van der Waals surface area contributed by atoms with Crippen molar-refractivity contribution >= 4 is 33.4 Å². The highest BCUT2D eigenvalue weighted by atomic mass is 32.1. The number of aliphatic imine (C=N–C) groups is 1. The van der Waals surface area contributed by atoms with E-state index in [0.29, 0.717) is 18.5 Å². The van der Waals surface area contributed by atoms with E-state index in [0.717, 1.165) is 4.70 Å². The van der Waals surface area contributed by atoms with Gasteiger partial charge >= 0.3 is 0 Å². The topological polar surface area (TPSA) is 147 Å². The maximum absolute atomic E-state index is 12.5. The molecule has 8 nitrogen and oxygen atoms in total. The smallest absolute Gasteiger partial charge is 0.238 e. The largest absolute Gasteiger partial charge is 0.370 e. The Morgan fingerprint density at radius 3 is 2.68 bits per heavy atom. The number of nitrogens with zero attached hydrogens (tertiary/aromatic N) is 2. The highest BCUT2D eigenvalue weighted by Gasteiger charge is 2.40. The second-order valence-corrected chi connectivity index (χ2v) is 7.55. The van der Waals surface area contributed by atoms with Crippen molar-refractivity contribution in [1.29, 1.82) is 0 Å². The number of para-hydroxylation sites is 1. The van der Waals surface area contributed by atoms with Gasteiger partial charge in [0.2, 0.25) is 11.7 Å². The molecule has 0 unspecified atom stereocenters. The van der Waals surface area contributed by atoms with Gasteiger partial charge in [0, 0.05) is 6.54 Å². The van der Waals surface area contributed by atoms with Crippen LogP contribution in [0.5, 0.6) is 0 Å². The monoisotopic (exact) mass is 401 g/mol. The number of nitrogens with two attached hydrogens (primary N) is 2. The first-order valence-electron chi connectivity index (χ1n) is 8.89. The van der Waals surface area contributed by atoms with Crippen molar-refractivity contribution in [3.05, 3.63) is 53.6 Å². The highest BCUT2D eigenvalue weighted by molar-refractivity contribution is 7.18. The molecule has 0 radical (unpaired) electrons. The van der Waals surface area contributed by atoms with Gasteiger partial charge in [-0.1, -0.05) is 36.4 Å². The number of aromatic nitrogens is 1. The van der Waals surface area contributed by atoms with E-state index in [1.165, 1.54) is 11.3 Å². The van der Waals surface area contributed by atoms with Gasteiger partial charge in [-0.25, -0.2) is 4.98 Å². The number of carbonyl (C=O) groups is 1. The van der Waals surface area contributed by atoms with Crippen LogP contribution in [0.1, 0.15) is 17.8 Å². The normalized spacial score (nSPS) is 15.1. The fraction of sp³-hybridized carbons (Fsp3) is 0.316. The lowest BCUT2D eigenvalue weighted by molar-refractivity contribution is -0.195. The van der Waals surface area contributed by atoms with Gasteiger partial charge in [-0.05, 0) is 25.0 Å². The molecule has 1 amide bonds. The summed E-state index contributed by atoms with van der Waals surface area (Å²) in [6.07, 6.45) is 7.73. The lowest BCUT2D eigenvalue weighted by Crippen LogP contribution is -2.52. The lowest BCUT2D eigenvalue weighted by Gasteiger charge is -2.30. The molecule has 1 atom stereocenters. The van der Waals surface area contributed by atoms with E-state index in [-0.39, 0.29) is 23.3 Å². The van der Waals surface area contributed by atoms with E-state index in [9.17, 15) is 15.0 Å². The van der Waals surface area contributed by atoms with E-state index in [4.69, 9.17) is 11.5 Å². The number of aliphatic hydroxyl groups is 2. The maximum atomic E-state index is 12.5. The van der Waals surface area contributed by atoms with Gasteiger partial charge in [0.25, 0.3) is 0 Å². The van der Waals surface area contributed by atoms with E-state index >= 15 is 0 Å². The molecule has 0 saturated heterocycles. The lowest BCUT2D eigenvalue weighted by atomic mass is 10.0. The zero-order valence-electron chi connectivity index (χ0n) is 15.2. The average Bonchev–Trinajstić information content (AvgIpc) is 3.33. The molecule has 2 aromatic rings. The Hall–Kier alpha value is -2.75. The minimum atomic E-state index is -2.33. The van der Waals surface area contributed by atoms with Gasteiger partial charge in [0.1, 0.15) is 0 Å². The number of hydrogen-bond donors (Lipinski definition) is 5. The number of thiazole rings is 1. The molecule has 0 spiro atoms. The number of nitrogens with one attached hydrogen (secondary N) is 1. The van der Waals surface area contributed by atoms with Crippen molar-refractivity contribution in [3.8, 4) is 0 Å². The van der Waals surface area contributed by atoms with E-state index in [1.807, 2.05) is 18.2 Å². The van der Waals surface area contributed by atoms with Gasteiger partial charge in [-0.2, -0.15) is 0 Å². The van der Waals surface area contributed by atoms with Crippen LogP contribution in [0.25, 0.3) is 10.2 Å². The van der Waals surface area contributed by atoms with E-state index in [2.05, 4.69) is 15.3 Å². The van der Waals surface area contributed by atoms with Crippen molar-refractivity contribution < 1.29 is 15.0 Å². The minimum Gasteiger partial charge on any atom is -0.370 e. The number of carbonyl (C=O) groups excluding carboxylic acids is 1. The van der Waals surface area contributed by atoms with Crippen LogP contribution in [0.15, 0.2) is 53.6 Å². The summed E-state index contributed by atoms with van der Waals surface area (Å²) in [7, 11) is 0. The molecule has 7 N–H and O–H groups in total. The molecular weight excluding hydrogens is 378 g/mol. The number of benzene rings is 1. The summed E-state index contributed by atoms with van der Waals surface area (Å²) in [6, 6.07) is 6.36. The number of hydrogen-bond acceptors (Lipinski definition) is 6. The molecule has 0 aliphatic heterocycles. The summed E-state index contributed by atoms with van der Waals surface area (Å²) in [5.41, 5.74) is 11.3. The third-order valence-corrected chi connectivity index (χ3v) is 5.56. The second-order valence-electron chi connectivity index (χ2n) is 6.52. The number of guanidine groups is 1. The van der Waals surface area contributed by atoms with Gasteiger partial charge in [0.05, 0.1) is 22.2 Å². The Morgan fingerprint density at radius 2 is 2.00 bits per heavy atom. The van der Waals surface area contributed by atoms with Crippen LogP contribution >= 0.6 is 11.3 Å². The molecule has 0 saturated carbocycles. The SMILES string of the molecule is NC(N)=NCCC[C@H](NC(=O)C1C=CC=C1)C(O)(O)c1nc2ccccc2s1. The molecular formula is C19H23N5O3S. The molecule has 9 heteroatoms. The summed E-state index contributed by atoms with van der Waals surface area (Å²) in [5, 5.41) is 24.7. The summed E-state index contributed by atoms with van der Waals surface area (Å²) >= 11 is 1.18. The van der Waals surface area contributed by atoms with Gasteiger partial charge in [-0.3, -0.25) is 9.79 Å². The van der Waals surface area contributed by atoms with Crippen molar-refractivity contribution in [2.45, 2.75) is 24.7 Å². The maximum Gasteiger partial charge on any atom is 0.238 e. The van der Waals surface area contributed by atoms with Gasteiger partial charge in [-0.15, -0.1) is 11.3 Å². The van der Waals surface area contributed by atoms with Crippen LogP contribution < -0.4 is 16.8 Å². The Balaban J connectivity index is 1.81.